The number of ether oxygens (including phenoxy) is 2. The highest BCUT2D eigenvalue weighted by molar-refractivity contribution is 7.18. The minimum Gasteiger partial charge on any atom is -0.465 e. The fourth-order valence-electron chi connectivity index (χ4n) is 2.44. The third-order valence-electron chi connectivity index (χ3n) is 3.67. The molecule has 1 aliphatic heterocycles. The Kier molecular flexibility index (Phi) is 5.70. The van der Waals surface area contributed by atoms with Crippen LogP contribution in [0.25, 0.3) is 0 Å². The Labute approximate surface area is 162 Å². The molecule has 1 aliphatic rings. The van der Waals surface area contributed by atoms with Crippen LogP contribution in [0.5, 0.6) is 0 Å². The van der Waals surface area contributed by atoms with Gasteiger partial charge in [-0.1, -0.05) is 46.1 Å². The first-order valence-corrected chi connectivity index (χ1v) is 9.11. The predicted molar refractivity (Wildman–Crippen MR) is 95.8 cm³/mol. The van der Waals surface area contributed by atoms with Crippen LogP contribution in [-0.2, 0) is 9.47 Å². The molecule has 1 aromatic heterocycles. The van der Waals surface area contributed by atoms with Gasteiger partial charge in [-0.3, -0.25) is 0 Å². The molecule has 2 aromatic rings. The molecule has 25 heavy (non-hydrogen) atoms. The minimum absolute atomic E-state index is 0.0455. The summed E-state index contributed by atoms with van der Waals surface area (Å²) in [4.78, 5) is 18.0. The Hall–Kier alpha value is -1.12. The van der Waals surface area contributed by atoms with Gasteiger partial charge in [0.2, 0.25) is 0 Å². The van der Waals surface area contributed by atoms with Crippen LogP contribution in [0.2, 0.25) is 15.2 Å². The number of aromatic nitrogens is 1. The van der Waals surface area contributed by atoms with E-state index < -0.39 is 17.9 Å². The Balaban J connectivity index is 1.85. The number of anilines is 1. The lowest BCUT2D eigenvalue weighted by Crippen LogP contribution is -2.38. The number of halogens is 4. The van der Waals surface area contributed by atoms with E-state index in [4.69, 9.17) is 39.5 Å². The summed E-state index contributed by atoms with van der Waals surface area (Å²) >= 11 is 19.0. The van der Waals surface area contributed by atoms with Crippen LogP contribution in [0.4, 0.5) is 9.52 Å². The van der Waals surface area contributed by atoms with Crippen LogP contribution in [0.15, 0.2) is 12.1 Å². The molecule has 10 heteroatoms. The molecular weight excluding hydrogens is 414 g/mol. The zero-order chi connectivity index (χ0) is 18.1. The molecule has 0 amide bonds. The lowest BCUT2D eigenvalue weighted by molar-refractivity contribution is 0.0396. The maximum Gasteiger partial charge on any atom is 0.351 e. The average molecular weight is 426 g/mol. The van der Waals surface area contributed by atoms with Crippen molar-refractivity contribution in [1.82, 2.24) is 4.98 Å². The van der Waals surface area contributed by atoms with Crippen LogP contribution in [0.3, 0.4) is 0 Å². The van der Waals surface area contributed by atoms with Crippen molar-refractivity contribution in [2.45, 2.75) is 6.10 Å². The van der Waals surface area contributed by atoms with Crippen molar-refractivity contribution in [2.24, 2.45) is 0 Å². The average Bonchev–Trinajstić information content (AvgIpc) is 2.99. The predicted octanol–water partition coefficient (Wildman–Crippen LogP) is 4.61. The van der Waals surface area contributed by atoms with Crippen molar-refractivity contribution in [3.8, 4) is 0 Å². The number of rotatable bonds is 3. The summed E-state index contributed by atoms with van der Waals surface area (Å²) in [6.07, 6.45) is -0.461. The topological polar surface area (TPSA) is 51.7 Å². The van der Waals surface area contributed by atoms with Crippen molar-refractivity contribution >= 4 is 57.2 Å². The third-order valence-corrected chi connectivity index (χ3v) is 5.77. The maximum absolute atomic E-state index is 13.8. The smallest absolute Gasteiger partial charge is 0.351 e. The zero-order valence-corrected chi connectivity index (χ0v) is 16.0. The van der Waals surface area contributed by atoms with E-state index in [0.717, 1.165) is 11.3 Å². The van der Waals surface area contributed by atoms with Gasteiger partial charge in [0.1, 0.15) is 11.9 Å². The Bertz CT molecular complexity index is 818. The molecule has 0 N–H and O–H groups in total. The van der Waals surface area contributed by atoms with E-state index in [1.165, 1.54) is 19.2 Å². The van der Waals surface area contributed by atoms with Crippen molar-refractivity contribution < 1.29 is 18.7 Å². The number of nitrogens with zero attached hydrogens (tertiary/aromatic N) is 2. The first-order valence-electron chi connectivity index (χ1n) is 7.16. The standard InChI is InChI=1S/C15H12Cl3FN2O3S/c1-23-14(22)12-13(18)20-15(25-12)21-2-3-24-11(6-21)7-4-10(19)9(17)5-8(7)16/h4-5,11H,2-3,6H2,1H3. The number of carbonyl (C=O) groups is 1. The molecule has 5 nitrogen and oxygen atoms in total. The molecule has 0 aliphatic carbocycles. The first-order chi connectivity index (χ1) is 11.9. The van der Waals surface area contributed by atoms with Crippen molar-refractivity contribution in [3.05, 3.63) is 43.6 Å². The van der Waals surface area contributed by atoms with E-state index in [1.807, 2.05) is 4.90 Å². The van der Waals surface area contributed by atoms with Crippen LogP contribution in [-0.4, -0.2) is 37.8 Å². The number of carbonyl (C=O) groups excluding carboxylic acids is 1. The van der Waals surface area contributed by atoms with Gasteiger partial charge in [-0.2, -0.15) is 0 Å². The zero-order valence-electron chi connectivity index (χ0n) is 12.9. The van der Waals surface area contributed by atoms with Gasteiger partial charge in [0.25, 0.3) is 0 Å². The lowest BCUT2D eigenvalue weighted by Gasteiger charge is -2.33. The number of benzene rings is 1. The number of esters is 1. The van der Waals surface area contributed by atoms with E-state index in [9.17, 15) is 9.18 Å². The molecule has 1 atom stereocenters. The third kappa shape index (κ3) is 3.85. The molecule has 3 rings (SSSR count). The summed E-state index contributed by atoms with van der Waals surface area (Å²) in [5.41, 5.74) is 0.504. The molecule has 0 radical (unpaired) electrons. The summed E-state index contributed by atoms with van der Waals surface area (Å²) in [5.74, 6) is -1.10. The molecule has 1 saturated heterocycles. The molecule has 1 unspecified atom stereocenters. The molecule has 1 fully saturated rings. The summed E-state index contributed by atoms with van der Waals surface area (Å²) in [6, 6.07) is 2.62. The second kappa shape index (κ2) is 7.63. The van der Waals surface area contributed by atoms with E-state index in [1.54, 1.807) is 0 Å². The van der Waals surface area contributed by atoms with Gasteiger partial charge in [0.05, 0.1) is 25.3 Å². The fourth-order valence-corrected chi connectivity index (χ4v) is 4.18. The Morgan fingerprint density at radius 3 is 2.88 bits per heavy atom. The van der Waals surface area contributed by atoms with Gasteiger partial charge >= 0.3 is 5.97 Å². The fraction of sp³-hybridized carbons (Fsp3) is 0.333. The summed E-state index contributed by atoms with van der Waals surface area (Å²) in [6.45, 7) is 1.32. The van der Waals surface area contributed by atoms with Gasteiger partial charge in [-0.15, -0.1) is 0 Å². The Morgan fingerprint density at radius 1 is 1.40 bits per heavy atom. The highest BCUT2D eigenvalue weighted by Gasteiger charge is 2.28. The number of methoxy groups -OCH3 is 1. The SMILES string of the molecule is COC(=O)c1sc(N2CCOC(c3cc(F)c(Cl)cc3Cl)C2)nc1Cl. The molecule has 0 saturated carbocycles. The molecule has 1 aromatic carbocycles. The first kappa shape index (κ1) is 18.7. The lowest BCUT2D eigenvalue weighted by atomic mass is 10.1. The normalized spacial score (nSPS) is 17.6. The minimum atomic E-state index is -0.563. The largest absolute Gasteiger partial charge is 0.465 e. The van der Waals surface area contributed by atoms with Crippen molar-refractivity contribution in [3.63, 3.8) is 0 Å². The highest BCUT2D eigenvalue weighted by Crippen LogP contribution is 2.36. The van der Waals surface area contributed by atoms with Crippen molar-refractivity contribution in [2.75, 3.05) is 31.7 Å². The van der Waals surface area contributed by atoms with Crippen LogP contribution in [0.1, 0.15) is 21.3 Å². The highest BCUT2D eigenvalue weighted by atomic mass is 35.5. The molecule has 134 valence electrons. The van der Waals surface area contributed by atoms with Crippen LogP contribution < -0.4 is 4.90 Å². The Morgan fingerprint density at radius 2 is 2.16 bits per heavy atom. The summed E-state index contributed by atoms with van der Waals surface area (Å²) in [7, 11) is 1.28. The van der Waals surface area contributed by atoms with Crippen LogP contribution in [0, 0.1) is 5.82 Å². The summed E-state index contributed by atoms with van der Waals surface area (Å²) < 4.78 is 24.2. The van der Waals surface area contributed by atoms with Crippen molar-refractivity contribution in [1.29, 1.82) is 0 Å². The van der Waals surface area contributed by atoms with Gasteiger partial charge in [0.15, 0.2) is 15.2 Å². The van der Waals surface area contributed by atoms with Gasteiger partial charge < -0.3 is 14.4 Å². The molecular formula is C15H12Cl3FN2O3S. The number of hydrogen-bond acceptors (Lipinski definition) is 6. The van der Waals surface area contributed by atoms with Crippen LogP contribution >= 0.6 is 46.1 Å². The molecule has 2 heterocycles. The maximum atomic E-state index is 13.8. The van der Waals surface area contributed by atoms with Gasteiger partial charge in [-0.05, 0) is 12.1 Å². The number of hydrogen-bond donors (Lipinski definition) is 0. The monoisotopic (exact) mass is 424 g/mol. The van der Waals surface area contributed by atoms with Gasteiger partial charge in [0, 0.05) is 17.1 Å². The van der Waals surface area contributed by atoms with Gasteiger partial charge in [-0.25, -0.2) is 14.2 Å². The van der Waals surface area contributed by atoms with E-state index in [0.29, 0.717) is 35.4 Å². The van der Waals surface area contributed by atoms with E-state index in [2.05, 4.69) is 9.72 Å². The number of morpholine rings is 1. The summed E-state index contributed by atoms with van der Waals surface area (Å²) in [5, 5.41) is 0.927. The number of thiazole rings is 1. The quantitative estimate of drug-likeness (QED) is 0.531. The molecule has 0 bridgehead atoms. The second-order valence-corrected chi connectivity index (χ2v) is 7.35. The molecule has 0 spiro atoms. The van der Waals surface area contributed by atoms with E-state index >= 15 is 0 Å². The second-order valence-electron chi connectivity index (χ2n) is 5.20. The van der Waals surface area contributed by atoms with E-state index in [-0.39, 0.29) is 15.1 Å².